The molecule has 1 spiro atoms. The molecule has 4 rings (SSSR count). The summed E-state index contributed by atoms with van der Waals surface area (Å²) in [5.41, 5.74) is -3.29. The van der Waals surface area contributed by atoms with Gasteiger partial charge in [0.05, 0.1) is 34.9 Å². The Bertz CT molecular complexity index is 1030. The highest BCUT2D eigenvalue weighted by Crippen LogP contribution is 2.39. The zero-order valence-electron chi connectivity index (χ0n) is 18.8. The second-order valence-corrected chi connectivity index (χ2v) is 9.18. The van der Waals surface area contributed by atoms with Crippen molar-refractivity contribution in [3.05, 3.63) is 70.8 Å². The Labute approximate surface area is 198 Å². The van der Waals surface area contributed by atoms with E-state index in [-0.39, 0.29) is 24.3 Å². The molecule has 190 valence electrons. The van der Waals surface area contributed by atoms with Gasteiger partial charge >= 0.3 is 18.4 Å². The largest absolute Gasteiger partial charge is 0.416 e. The Hall–Kier alpha value is -2.79. The van der Waals surface area contributed by atoms with Crippen molar-refractivity contribution in [3.8, 4) is 0 Å². The molecular formula is C24H25F6N3O2. The fourth-order valence-corrected chi connectivity index (χ4v) is 4.59. The van der Waals surface area contributed by atoms with Crippen molar-refractivity contribution in [2.75, 3.05) is 19.7 Å². The van der Waals surface area contributed by atoms with Crippen molar-refractivity contribution in [3.63, 3.8) is 0 Å². The van der Waals surface area contributed by atoms with Gasteiger partial charge in [0.2, 0.25) is 0 Å². The lowest BCUT2D eigenvalue weighted by atomic mass is 9.76. The molecule has 2 fully saturated rings. The molecule has 2 saturated heterocycles. The van der Waals surface area contributed by atoms with Crippen molar-refractivity contribution in [2.24, 2.45) is 0 Å². The Morgan fingerprint density at radius 3 is 2.06 bits per heavy atom. The van der Waals surface area contributed by atoms with Crippen LogP contribution in [0, 0.1) is 0 Å². The Kier molecular flexibility index (Phi) is 6.52. The van der Waals surface area contributed by atoms with Gasteiger partial charge in [0.25, 0.3) is 0 Å². The van der Waals surface area contributed by atoms with E-state index in [9.17, 15) is 31.1 Å². The predicted molar refractivity (Wildman–Crippen MR) is 115 cm³/mol. The van der Waals surface area contributed by atoms with Crippen LogP contribution in [0.5, 0.6) is 0 Å². The van der Waals surface area contributed by atoms with Crippen LogP contribution in [0.1, 0.15) is 48.1 Å². The average molecular weight is 501 g/mol. The molecule has 2 heterocycles. The van der Waals surface area contributed by atoms with Gasteiger partial charge in [-0.05, 0) is 49.1 Å². The zero-order chi connectivity index (χ0) is 25.5. The second-order valence-electron chi connectivity index (χ2n) is 9.18. The third-order valence-electron chi connectivity index (χ3n) is 6.75. The lowest BCUT2D eigenvalue weighted by Gasteiger charge is -2.46. The highest BCUT2D eigenvalue weighted by Gasteiger charge is 2.47. The maximum absolute atomic E-state index is 13.3. The minimum Gasteiger partial charge on any atom is -0.372 e. The highest BCUT2D eigenvalue weighted by molar-refractivity contribution is 5.77. The number of alkyl halides is 6. The van der Waals surface area contributed by atoms with Crippen LogP contribution in [-0.2, 0) is 22.6 Å². The van der Waals surface area contributed by atoms with Crippen molar-refractivity contribution < 1.29 is 35.9 Å². The summed E-state index contributed by atoms with van der Waals surface area (Å²) < 4.78 is 85.6. The predicted octanol–water partition coefficient (Wildman–Crippen LogP) is 5.13. The molecule has 0 aliphatic carbocycles. The molecule has 0 bridgehead atoms. The van der Waals surface area contributed by atoms with Gasteiger partial charge < -0.3 is 20.7 Å². The molecular weight excluding hydrogens is 476 g/mol. The second kappa shape index (κ2) is 9.02. The minimum atomic E-state index is -4.93. The molecule has 2 aromatic carbocycles. The monoisotopic (exact) mass is 501 g/mol. The van der Waals surface area contributed by atoms with E-state index >= 15 is 0 Å². The first-order chi connectivity index (χ1) is 16.3. The summed E-state index contributed by atoms with van der Waals surface area (Å²) in [7, 11) is 0. The number of halogens is 6. The van der Waals surface area contributed by atoms with Crippen LogP contribution in [0.3, 0.4) is 0 Å². The first-order valence-corrected chi connectivity index (χ1v) is 11.1. The maximum atomic E-state index is 13.3. The smallest absolute Gasteiger partial charge is 0.372 e. The average Bonchev–Trinajstić information content (AvgIpc) is 3.18. The summed E-state index contributed by atoms with van der Waals surface area (Å²) in [4.78, 5) is 11.7. The van der Waals surface area contributed by atoms with Crippen molar-refractivity contribution in [1.29, 1.82) is 0 Å². The number of piperidine rings is 1. The molecule has 2 aromatic rings. The molecule has 5 nitrogen and oxygen atoms in total. The topological polar surface area (TPSA) is 62.4 Å². The first kappa shape index (κ1) is 25.3. The molecule has 0 saturated carbocycles. The fraction of sp³-hybridized carbons (Fsp3) is 0.458. The summed E-state index contributed by atoms with van der Waals surface area (Å²) >= 11 is 0. The van der Waals surface area contributed by atoms with Crippen molar-refractivity contribution in [1.82, 2.24) is 16.0 Å². The SMILES string of the molecule is C[C@@H](OC[C@@]1(c2ccccc2)CC[C@@]2(CNC(=O)N2)CN1)c1cc(C(F)(F)F)cc(C(F)(F)F)c1. The number of urea groups is 1. The van der Waals surface area contributed by atoms with E-state index in [4.69, 9.17) is 4.74 Å². The highest BCUT2D eigenvalue weighted by atomic mass is 19.4. The van der Waals surface area contributed by atoms with Crippen LogP contribution >= 0.6 is 0 Å². The third kappa shape index (κ3) is 5.40. The number of rotatable bonds is 5. The molecule has 35 heavy (non-hydrogen) atoms. The van der Waals surface area contributed by atoms with Crippen LogP contribution in [0.4, 0.5) is 31.1 Å². The van der Waals surface area contributed by atoms with E-state index in [0.717, 1.165) is 5.56 Å². The Balaban J connectivity index is 1.58. The Morgan fingerprint density at radius 1 is 0.943 bits per heavy atom. The summed E-state index contributed by atoms with van der Waals surface area (Å²) in [6.45, 7) is 2.30. The molecule has 2 aliphatic rings. The molecule has 0 radical (unpaired) electrons. The number of ether oxygens (including phenoxy) is 1. The maximum Gasteiger partial charge on any atom is 0.416 e. The summed E-state index contributed by atoms with van der Waals surface area (Å²) in [5, 5.41) is 9.11. The normalized spacial score (nSPS) is 25.9. The summed E-state index contributed by atoms with van der Waals surface area (Å²) in [6.07, 6.45) is -9.76. The van der Waals surface area contributed by atoms with E-state index in [1.54, 1.807) is 0 Å². The quantitative estimate of drug-likeness (QED) is 0.498. The van der Waals surface area contributed by atoms with E-state index < -0.39 is 40.7 Å². The van der Waals surface area contributed by atoms with Crippen LogP contribution in [-0.4, -0.2) is 31.3 Å². The molecule has 2 aliphatic heterocycles. The molecule has 0 aromatic heterocycles. The standard InChI is InChI=1S/C24H25F6N3O2/c1-15(16-9-18(23(25,26)27)11-19(10-16)24(28,29)30)35-14-22(17-5-3-2-4-6-17)8-7-21(13-32-22)12-31-20(34)33-21/h2-6,9-11,15,32H,7-8,12-14H2,1H3,(H2,31,33,34)/t15-,21-,22-/m1/s1. The van der Waals surface area contributed by atoms with Gasteiger partial charge in [0.1, 0.15) is 0 Å². The van der Waals surface area contributed by atoms with Crippen LogP contribution in [0.2, 0.25) is 0 Å². The van der Waals surface area contributed by atoms with E-state index in [1.165, 1.54) is 6.92 Å². The van der Waals surface area contributed by atoms with E-state index in [1.807, 2.05) is 30.3 Å². The fourth-order valence-electron chi connectivity index (χ4n) is 4.59. The summed E-state index contributed by atoms with van der Waals surface area (Å²) in [6, 6.07) is 10.5. The van der Waals surface area contributed by atoms with E-state index in [2.05, 4.69) is 16.0 Å². The van der Waals surface area contributed by atoms with Crippen LogP contribution < -0.4 is 16.0 Å². The lowest BCUT2D eigenvalue weighted by molar-refractivity contribution is -0.143. The minimum absolute atomic E-state index is 0.00717. The molecule has 3 atom stereocenters. The molecule has 2 amide bonds. The van der Waals surface area contributed by atoms with Crippen LogP contribution in [0.15, 0.2) is 48.5 Å². The number of benzene rings is 2. The number of hydrogen-bond donors (Lipinski definition) is 3. The zero-order valence-corrected chi connectivity index (χ0v) is 18.8. The van der Waals surface area contributed by atoms with Gasteiger partial charge in [-0.2, -0.15) is 26.3 Å². The van der Waals surface area contributed by atoms with Crippen molar-refractivity contribution in [2.45, 2.75) is 49.3 Å². The first-order valence-electron chi connectivity index (χ1n) is 11.1. The van der Waals surface area contributed by atoms with Gasteiger partial charge in [-0.25, -0.2) is 4.79 Å². The van der Waals surface area contributed by atoms with Gasteiger partial charge in [-0.3, -0.25) is 0 Å². The number of hydrogen-bond acceptors (Lipinski definition) is 3. The third-order valence-corrected chi connectivity index (χ3v) is 6.75. The van der Waals surface area contributed by atoms with Gasteiger partial charge in [0, 0.05) is 13.1 Å². The van der Waals surface area contributed by atoms with Gasteiger partial charge in [0.15, 0.2) is 0 Å². The lowest BCUT2D eigenvalue weighted by Crippen LogP contribution is -2.63. The van der Waals surface area contributed by atoms with E-state index in [0.29, 0.717) is 38.1 Å². The van der Waals surface area contributed by atoms with Gasteiger partial charge in [-0.1, -0.05) is 30.3 Å². The van der Waals surface area contributed by atoms with Crippen LogP contribution in [0.25, 0.3) is 0 Å². The number of carbonyl (C=O) groups excluding carboxylic acids is 1. The molecule has 3 N–H and O–H groups in total. The number of carbonyl (C=O) groups is 1. The molecule has 0 unspecified atom stereocenters. The summed E-state index contributed by atoms with van der Waals surface area (Å²) in [5.74, 6) is 0. The number of nitrogens with one attached hydrogen (secondary N) is 3. The Morgan fingerprint density at radius 2 is 1.57 bits per heavy atom. The number of amides is 2. The van der Waals surface area contributed by atoms with Crippen molar-refractivity contribution >= 4 is 6.03 Å². The van der Waals surface area contributed by atoms with Gasteiger partial charge in [-0.15, -0.1) is 0 Å². The molecule has 11 heteroatoms.